The number of carbonyl (C=O) groups excluding carboxylic acids is 1. The predicted molar refractivity (Wildman–Crippen MR) is 138 cm³/mol. The lowest BCUT2D eigenvalue weighted by molar-refractivity contribution is -0.120. The fraction of sp³-hybridized carbons (Fsp3) is 0.360. The number of carbonyl (C=O) groups is 1. The molecule has 1 aromatic heterocycles. The van der Waals surface area contributed by atoms with E-state index in [1.54, 1.807) is 17.3 Å². The van der Waals surface area contributed by atoms with Crippen molar-refractivity contribution < 1.29 is 9.53 Å². The summed E-state index contributed by atoms with van der Waals surface area (Å²) in [5, 5.41) is 0. The monoisotopic (exact) mass is 531 g/mol. The van der Waals surface area contributed by atoms with Crippen LogP contribution >= 0.6 is 20.7 Å². The average molecular weight is 531 g/mol. The number of hydrogen-bond acceptors (Lipinski definition) is 4. The van der Waals surface area contributed by atoms with E-state index in [1.165, 1.54) is 6.42 Å². The summed E-state index contributed by atoms with van der Waals surface area (Å²) in [5.41, 5.74) is 2.64. The zero-order valence-electron chi connectivity index (χ0n) is 18.5. The van der Waals surface area contributed by atoms with Gasteiger partial charge in [-0.3, -0.25) is 14.7 Å². The normalized spacial score (nSPS) is 13.2. The Hall–Kier alpha value is -2.35. The van der Waals surface area contributed by atoms with Gasteiger partial charge < -0.3 is 4.74 Å². The standard InChI is InChI=1S/C25H30IN3O2/c1-5-6-7-15-31-23-12-10-20(16-21(23)26-4)29(25(30)18(2)3)24-13-11-22(28-24)19-9-8-14-27-17-19/h8-12,14,16-18H,4-7,13,15H2,1-3H3. The maximum Gasteiger partial charge on any atom is 0.235 e. The van der Waals surface area contributed by atoms with Crippen LogP contribution in [0.15, 0.2) is 53.8 Å². The van der Waals surface area contributed by atoms with E-state index < -0.39 is 20.7 Å². The number of nitrogens with zero attached hydrogens (tertiary/aromatic N) is 3. The number of aromatic nitrogens is 1. The van der Waals surface area contributed by atoms with E-state index in [4.69, 9.17) is 9.73 Å². The van der Waals surface area contributed by atoms with Crippen LogP contribution in [0.4, 0.5) is 5.69 Å². The Morgan fingerprint density at radius 1 is 1.29 bits per heavy atom. The van der Waals surface area contributed by atoms with E-state index in [2.05, 4.69) is 22.5 Å². The molecule has 0 N–H and O–H groups in total. The largest absolute Gasteiger partial charge is 0.492 e. The molecule has 0 radical (unpaired) electrons. The van der Waals surface area contributed by atoms with Crippen molar-refractivity contribution in [3.8, 4) is 5.75 Å². The quantitative estimate of drug-likeness (QED) is 0.292. The lowest BCUT2D eigenvalue weighted by atomic mass is 10.1. The van der Waals surface area contributed by atoms with E-state index in [-0.39, 0.29) is 11.8 Å². The molecule has 1 aromatic carbocycles. The molecule has 0 saturated heterocycles. The first-order valence-electron chi connectivity index (χ1n) is 10.7. The second-order valence-corrected chi connectivity index (χ2v) is 9.62. The van der Waals surface area contributed by atoms with Gasteiger partial charge in [-0.25, -0.2) is 4.99 Å². The summed E-state index contributed by atoms with van der Waals surface area (Å²) in [6, 6.07) is 9.87. The number of anilines is 1. The third-order valence-electron chi connectivity index (χ3n) is 4.98. The first-order valence-corrected chi connectivity index (χ1v) is 13.3. The van der Waals surface area contributed by atoms with Crippen molar-refractivity contribution in [3.05, 3.63) is 57.9 Å². The number of rotatable bonds is 9. The van der Waals surface area contributed by atoms with Gasteiger partial charge in [-0.2, -0.15) is 0 Å². The molecule has 164 valence electrons. The Morgan fingerprint density at radius 2 is 2.13 bits per heavy atom. The number of benzene rings is 1. The molecular formula is C25H30IN3O2. The van der Waals surface area contributed by atoms with Crippen molar-refractivity contribution in [2.75, 3.05) is 11.5 Å². The maximum absolute atomic E-state index is 13.2. The van der Waals surface area contributed by atoms with Gasteiger partial charge >= 0.3 is 0 Å². The summed E-state index contributed by atoms with van der Waals surface area (Å²) >= 11 is -0.449. The molecule has 31 heavy (non-hydrogen) atoms. The number of halogens is 1. The molecular weight excluding hydrogens is 501 g/mol. The lowest BCUT2D eigenvalue weighted by Crippen LogP contribution is -2.39. The van der Waals surface area contributed by atoms with Gasteiger partial charge in [0.1, 0.15) is 11.6 Å². The first-order chi connectivity index (χ1) is 15.0. The zero-order chi connectivity index (χ0) is 22.2. The highest BCUT2D eigenvalue weighted by molar-refractivity contribution is 14.2. The number of unbranched alkanes of at least 4 members (excludes halogenated alkanes) is 2. The molecule has 0 bridgehead atoms. The second kappa shape index (κ2) is 11.3. The van der Waals surface area contributed by atoms with E-state index in [9.17, 15) is 4.79 Å². The van der Waals surface area contributed by atoms with E-state index in [1.807, 2.05) is 44.2 Å². The molecule has 0 saturated carbocycles. The Balaban J connectivity index is 1.89. The summed E-state index contributed by atoms with van der Waals surface area (Å²) in [7, 11) is 0. The summed E-state index contributed by atoms with van der Waals surface area (Å²) in [6.07, 6.45) is 9.57. The van der Waals surface area contributed by atoms with Crippen LogP contribution in [0, 0.1) is 9.49 Å². The van der Waals surface area contributed by atoms with Gasteiger partial charge in [0.15, 0.2) is 0 Å². The van der Waals surface area contributed by atoms with Crippen molar-refractivity contribution in [1.82, 2.24) is 4.98 Å². The van der Waals surface area contributed by atoms with Crippen LogP contribution in [0.5, 0.6) is 5.75 Å². The van der Waals surface area contributed by atoms with Crippen molar-refractivity contribution in [3.63, 3.8) is 0 Å². The fourth-order valence-electron chi connectivity index (χ4n) is 3.30. The lowest BCUT2D eigenvalue weighted by Gasteiger charge is -2.25. The van der Waals surface area contributed by atoms with Gasteiger partial charge in [0.2, 0.25) is 5.91 Å². The SMILES string of the molecule is C=Ic1cc(N(C(=O)C(C)C)C2=NC(c3cccnc3)=CC2)ccc1OCCCCC. The fourth-order valence-corrected chi connectivity index (χ4v) is 4.55. The highest BCUT2D eigenvalue weighted by Crippen LogP contribution is 2.32. The minimum atomic E-state index is -0.449. The van der Waals surface area contributed by atoms with Gasteiger partial charge in [0, 0.05) is 30.3 Å². The molecule has 2 heterocycles. The van der Waals surface area contributed by atoms with Crippen LogP contribution < -0.4 is 9.64 Å². The molecule has 0 aliphatic carbocycles. The Morgan fingerprint density at radius 3 is 2.81 bits per heavy atom. The zero-order valence-corrected chi connectivity index (χ0v) is 20.6. The predicted octanol–water partition coefficient (Wildman–Crippen LogP) is 6.06. The van der Waals surface area contributed by atoms with Crippen molar-refractivity contribution in [2.45, 2.75) is 46.5 Å². The number of aliphatic imine (C=N–C) groups is 1. The number of amides is 1. The number of ether oxygens (including phenoxy) is 1. The van der Waals surface area contributed by atoms with E-state index in [0.717, 1.165) is 44.9 Å². The molecule has 1 aliphatic heterocycles. The van der Waals surface area contributed by atoms with E-state index in [0.29, 0.717) is 13.0 Å². The second-order valence-electron chi connectivity index (χ2n) is 7.70. The van der Waals surface area contributed by atoms with Gasteiger partial charge in [-0.15, -0.1) is 0 Å². The van der Waals surface area contributed by atoms with Crippen molar-refractivity contribution >= 4 is 48.4 Å². The molecule has 0 spiro atoms. The molecule has 5 nitrogen and oxygen atoms in total. The van der Waals surface area contributed by atoms with Crippen molar-refractivity contribution in [1.29, 1.82) is 0 Å². The summed E-state index contributed by atoms with van der Waals surface area (Å²) in [6.45, 7) is 6.73. The Kier molecular flexibility index (Phi) is 8.51. The summed E-state index contributed by atoms with van der Waals surface area (Å²) in [5.74, 6) is 1.52. The van der Waals surface area contributed by atoms with Crippen LogP contribution in [0.25, 0.3) is 5.70 Å². The maximum atomic E-state index is 13.2. The number of amidine groups is 1. The molecule has 0 fully saturated rings. The molecule has 0 atom stereocenters. The molecule has 1 aliphatic rings. The first kappa shape index (κ1) is 23.3. The van der Waals surface area contributed by atoms with Crippen LogP contribution in [0.3, 0.4) is 0 Å². The van der Waals surface area contributed by atoms with Gasteiger partial charge in [-0.05, 0) is 36.8 Å². The highest BCUT2D eigenvalue weighted by atomic mass is 127. The minimum Gasteiger partial charge on any atom is -0.492 e. The van der Waals surface area contributed by atoms with E-state index >= 15 is 0 Å². The summed E-state index contributed by atoms with van der Waals surface area (Å²) in [4.78, 5) is 23.9. The molecule has 1 amide bonds. The molecule has 3 rings (SSSR count). The Labute approximate surface area is 195 Å². The number of pyridine rings is 1. The van der Waals surface area contributed by atoms with Crippen molar-refractivity contribution in [2.24, 2.45) is 10.9 Å². The van der Waals surface area contributed by atoms with Crippen LogP contribution in [0.2, 0.25) is 0 Å². The molecule has 0 unspecified atom stereocenters. The van der Waals surface area contributed by atoms with Crippen LogP contribution in [0.1, 0.15) is 52.0 Å². The average Bonchev–Trinajstić information content (AvgIpc) is 3.27. The number of hydrogen-bond donors (Lipinski definition) is 0. The third-order valence-corrected chi connectivity index (χ3v) is 6.65. The highest BCUT2D eigenvalue weighted by Gasteiger charge is 2.27. The summed E-state index contributed by atoms with van der Waals surface area (Å²) < 4.78 is 11.3. The van der Waals surface area contributed by atoms with Crippen LogP contribution in [-0.2, 0) is 4.79 Å². The molecule has 6 heteroatoms. The van der Waals surface area contributed by atoms with Gasteiger partial charge in [0.05, 0.1) is 21.6 Å². The minimum absolute atomic E-state index is 0.0319. The smallest absolute Gasteiger partial charge is 0.235 e. The van der Waals surface area contributed by atoms with Gasteiger partial charge in [-0.1, -0.05) is 64.9 Å². The third kappa shape index (κ3) is 5.87. The van der Waals surface area contributed by atoms with Gasteiger partial charge in [0.25, 0.3) is 0 Å². The Bertz CT molecular complexity index is 984. The molecule has 2 aromatic rings. The van der Waals surface area contributed by atoms with Crippen LogP contribution in [-0.4, -0.2) is 27.8 Å². The topological polar surface area (TPSA) is 54.8 Å².